The second kappa shape index (κ2) is 6.01. The van der Waals surface area contributed by atoms with Crippen molar-refractivity contribution in [2.75, 3.05) is 33.4 Å². The second-order valence-electron chi connectivity index (χ2n) is 5.64. The van der Waals surface area contributed by atoms with Gasteiger partial charge in [-0.2, -0.15) is 5.26 Å². The summed E-state index contributed by atoms with van der Waals surface area (Å²) >= 11 is 0. The summed E-state index contributed by atoms with van der Waals surface area (Å²) in [5.41, 5.74) is -0.315. The van der Waals surface area contributed by atoms with Gasteiger partial charge in [-0.15, -0.1) is 0 Å². The molecule has 4 heteroatoms. The van der Waals surface area contributed by atoms with E-state index in [1.165, 1.54) is 25.7 Å². The Morgan fingerprint density at radius 1 is 1.39 bits per heavy atom. The zero-order valence-corrected chi connectivity index (χ0v) is 11.6. The minimum atomic E-state index is -0.315. The van der Waals surface area contributed by atoms with Crippen molar-refractivity contribution in [1.82, 2.24) is 10.2 Å². The smallest absolute Gasteiger partial charge is 0.122 e. The van der Waals surface area contributed by atoms with Crippen LogP contribution in [0.1, 0.15) is 32.6 Å². The van der Waals surface area contributed by atoms with Crippen molar-refractivity contribution >= 4 is 0 Å². The number of methoxy groups -OCH3 is 1. The van der Waals surface area contributed by atoms with E-state index >= 15 is 0 Å². The lowest BCUT2D eigenvalue weighted by molar-refractivity contribution is 0.130. The standard InChI is InChI=1S/C14H25N3O/c1-3-17(8-9-18-2)11-14(10-15,12-4-5-12)16-13-6-7-13/h12-13,16H,3-9,11H2,1-2H3. The molecule has 4 nitrogen and oxygen atoms in total. The SMILES string of the molecule is CCN(CCOC)CC(C#N)(NC1CC1)C1CC1. The number of nitrogens with zero attached hydrogens (tertiary/aromatic N) is 2. The molecule has 1 atom stereocenters. The zero-order valence-electron chi connectivity index (χ0n) is 11.6. The van der Waals surface area contributed by atoms with Gasteiger partial charge in [0.25, 0.3) is 0 Å². The Kier molecular flexibility index (Phi) is 4.60. The number of nitriles is 1. The summed E-state index contributed by atoms with van der Waals surface area (Å²) in [4.78, 5) is 2.33. The van der Waals surface area contributed by atoms with Gasteiger partial charge in [-0.05, 0) is 38.1 Å². The average molecular weight is 251 g/mol. The molecular weight excluding hydrogens is 226 g/mol. The minimum absolute atomic E-state index is 0.315. The zero-order chi connectivity index (χ0) is 13.0. The van der Waals surface area contributed by atoms with Crippen LogP contribution in [0.4, 0.5) is 0 Å². The Morgan fingerprint density at radius 3 is 2.56 bits per heavy atom. The summed E-state index contributed by atoms with van der Waals surface area (Å²) in [7, 11) is 1.73. The molecular formula is C14H25N3O. The van der Waals surface area contributed by atoms with Gasteiger partial charge in [0.15, 0.2) is 0 Å². The molecule has 0 spiro atoms. The van der Waals surface area contributed by atoms with Crippen molar-refractivity contribution < 1.29 is 4.74 Å². The topological polar surface area (TPSA) is 48.3 Å². The summed E-state index contributed by atoms with van der Waals surface area (Å²) in [5.74, 6) is 0.555. The van der Waals surface area contributed by atoms with Crippen LogP contribution in [0.15, 0.2) is 0 Å². The van der Waals surface area contributed by atoms with E-state index in [0.29, 0.717) is 12.0 Å². The van der Waals surface area contributed by atoms with Crippen LogP contribution < -0.4 is 5.32 Å². The molecule has 2 fully saturated rings. The number of rotatable bonds is 9. The molecule has 2 aliphatic rings. The van der Waals surface area contributed by atoms with Gasteiger partial charge in [-0.1, -0.05) is 6.92 Å². The van der Waals surface area contributed by atoms with Crippen LogP contribution in [0.3, 0.4) is 0 Å². The monoisotopic (exact) mass is 251 g/mol. The Balaban J connectivity index is 1.96. The van der Waals surface area contributed by atoms with E-state index in [4.69, 9.17) is 4.74 Å². The third-order valence-electron chi connectivity index (χ3n) is 4.04. The predicted molar refractivity (Wildman–Crippen MR) is 71.2 cm³/mol. The van der Waals surface area contributed by atoms with Gasteiger partial charge in [-0.3, -0.25) is 10.2 Å². The molecule has 0 aromatic rings. The van der Waals surface area contributed by atoms with E-state index in [1.807, 2.05) is 0 Å². The Bertz CT molecular complexity index is 307. The molecule has 0 aliphatic heterocycles. The molecule has 0 radical (unpaired) electrons. The maximum Gasteiger partial charge on any atom is 0.122 e. The fourth-order valence-corrected chi connectivity index (χ4v) is 2.54. The molecule has 102 valence electrons. The molecule has 0 saturated heterocycles. The number of ether oxygens (including phenoxy) is 1. The lowest BCUT2D eigenvalue weighted by Crippen LogP contribution is -2.55. The Labute approximate surface area is 110 Å². The number of likely N-dealkylation sites (N-methyl/N-ethyl adjacent to an activating group) is 1. The molecule has 1 N–H and O–H groups in total. The van der Waals surface area contributed by atoms with E-state index in [1.54, 1.807) is 7.11 Å². The summed E-state index contributed by atoms with van der Waals surface area (Å²) in [6, 6.07) is 3.19. The van der Waals surface area contributed by atoms with E-state index in [9.17, 15) is 5.26 Å². The van der Waals surface area contributed by atoms with Crippen LogP contribution in [0, 0.1) is 17.2 Å². The molecule has 2 aliphatic carbocycles. The molecule has 2 saturated carbocycles. The van der Waals surface area contributed by atoms with Crippen molar-refractivity contribution in [3.63, 3.8) is 0 Å². The van der Waals surface area contributed by atoms with Crippen molar-refractivity contribution in [3.8, 4) is 6.07 Å². The third-order valence-corrected chi connectivity index (χ3v) is 4.04. The van der Waals surface area contributed by atoms with E-state index in [2.05, 4.69) is 23.2 Å². The number of hydrogen-bond acceptors (Lipinski definition) is 4. The maximum atomic E-state index is 9.66. The van der Waals surface area contributed by atoms with Crippen LogP contribution in [0.5, 0.6) is 0 Å². The molecule has 0 heterocycles. The molecule has 0 aromatic carbocycles. The van der Waals surface area contributed by atoms with E-state index < -0.39 is 0 Å². The van der Waals surface area contributed by atoms with Gasteiger partial charge in [0.1, 0.15) is 5.54 Å². The van der Waals surface area contributed by atoms with Crippen LogP contribution in [-0.4, -0.2) is 49.8 Å². The molecule has 0 bridgehead atoms. The summed E-state index contributed by atoms with van der Waals surface area (Å²) in [6.07, 6.45) is 4.88. The molecule has 1 unspecified atom stereocenters. The quantitative estimate of drug-likeness (QED) is 0.672. The average Bonchev–Trinajstić information content (AvgIpc) is 3.25. The molecule has 18 heavy (non-hydrogen) atoms. The van der Waals surface area contributed by atoms with Gasteiger partial charge in [0.2, 0.25) is 0 Å². The van der Waals surface area contributed by atoms with Gasteiger partial charge >= 0.3 is 0 Å². The number of hydrogen-bond donors (Lipinski definition) is 1. The summed E-state index contributed by atoms with van der Waals surface area (Å²) in [5, 5.41) is 13.3. The van der Waals surface area contributed by atoms with Gasteiger partial charge in [0, 0.05) is 26.2 Å². The highest BCUT2D eigenvalue weighted by molar-refractivity contribution is 5.18. The fourth-order valence-electron chi connectivity index (χ4n) is 2.54. The number of nitrogens with one attached hydrogen (secondary N) is 1. The largest absolute Gasteiger partial charge is 0.383 e. The van der Waals surface area contributed by atoms with E-state index in [0.717, 1.165) is 26.2 Å². The normalized spacial score (nSPS) is 22.8. The van der Waals surface area contributed by atoms with Crippen LogP contribution in [0.25, 0.3) is 0 Å². The van der Waals surface area contributed by atoms with Crippen LogP contribution in [0.2, 0.25) is 0 Å². The van der Waals surface area contributed by atoms with Crippen molar-refractivity contribution in [3.05, 3.63) is 0 Å². The van der Waals surface area contributed by atoms with Gasteiger partial charge in [0.05, 0.1) is 12.7 Å². The first-order chi connectivity index (χ1) is 8.74. The minimum Gasteiger partial charge on any atom is -0.383 e. The van der Waals surface area contributed by atoms with Crippen molar-refractivity contribution in [1.29, 1.82) is 5.26 Å². The van der Waals surface area contributed by atoms with Crippen molar-refractivity contribution in [2.24, 2.45) is 5.92 Å². The Morgan fingerprint density at radius 2 is 2.11 bits per heavy atom. The van der Waals surface area contributed by atoms with Crippen LogP contribution >= 0.6 is 0 Å². The van der Waals surface area contributed by atoms with Crippen LogP contribution in [-0.2, 0) is 4.74 Å². The molecule has 0 amide bonds. The highest BCUT2D eigenvalue weighted by Crippen LogP contribution is 2.41. The summed E-state index contributed by atoms with van der Waals surface area (Å²) < 4.78 is 5.15. The predicted octanol–water partition coefficient (Wildman–Crippen LogP) is 1.38. The van der Waals surface area contributed by atoms with E-state index in [-0.39, 0.29) is 5.54 Å². The van der Waals surface area contributed by atoms with Gasteiger partial charge in [-0.25, -0.2) is 0 Å². The Hall–Kier alpha value is -0.630. The maximum absolute atomic E-state index is 9.66. The summed E-state index contributed by atoms with van der Waals surface area (Å²) in [6.45, 7) is 5.62. The molecule has 0 aromatic heterocycles. The second-order valence-corrected chi connectivity index (χ2v) is 5.64. The lowest BCUT2D eigenvalue weighted by Gasteiger charge is -2.34. The first kappa shape index (κ1) is 13.8. The molecule has 2 rings (SSSR count). The first-order valence-electron chi connectivity index (χ1n) is 7.14. The first-order valence-corrected chi connectivity index (χ1v) is 7.14. The lowest BCUT2D eigenvalue weighted by atomic mass is 9.93. The third kappa shape index (κ3) is 3.44. The highest BCUT2D eigenvalue weighted by Gasteiger charge is 2.48. The van der Waals surface area contributed by atoms with Crippen molar-refractivity contribution in [2.45, 2.75) is 44.2 Å². The fraction of sp³-hybridized carbons (Fsp3) is 0.929. The highest BCUT2D eigenvalue weighted by atomic mass is 16.5. The van der Waals surface area contributed by atoms with Gasteiger partial charge < -0.3 is 4.74 Å².